The molecule has 2 atom stereocenters. The van der Waals surface area contributed by atoms with Crippen LogP contribution in [0.2, 0.25) is 13.1 Å². The summed E-state index contributed by atoms with van der Waals surface area (Å²) >= 11 is 0. The Morgan fingerprint density at radius 1 is 1.00 bits per heavy atom. The standard InChI is InChI=1S/C26H37NO2Si/c1-25(2,3)19-23(29-30(4)5)26(18-21-12-8-6-9-13-21)16-17-27(24(26)28)20-22-14-10-7-11-15-22/h6-15,23,30H,16-20H2,1-5H3. The van der Waals surface area contributed by atoms with E-state index in [2.05, 4.69) is 75.2 Å². The monoisotopic (exact) mass is 423 g/mol. The van der Waals surface area contributed by atoms with Crippen LogP contribution < -0.4 is 0 Å². The van der Waals surface area contributed by atoms with Crippen molar-refractivity contribution in [3.05, 3.63) is 71.8 Å². The summed E-state index contributed by atoms with van der Waals surface area (Å²) in [6.07, 6.45) is 2.46. The maximum absolute atomic E-state index is 14.0. The van der Waals surface area contributed by atoms with E-state index in [0.29, 0.717) is 6.54 Å². The molecule has 0 aromatic heterocycles. The molecule has 1 amide bonds. The van der Waals surface area contributed by atoms with Crippen molar-refractivity contribution >= 4 is 14.9 Å². The first-order valence-corrected chi connectivity index (χ1v) is 14.0. The molecule has 2 aromatic rings. The molecule has 162 valence electrons. The molecule has 0 N–H and O–H groups in total. The summed E-state index contributed by atoms with van der Waals surface area (Å²) in [5, 5.41) is 0. The Hall–Kier alpha value is -1.91. The van der Waals surface area contributed by atoms with Crippen molar-refractivity contribution in [3.63, 3.8) is 0 Å². The summed E-state index contributed by atoms with van der Waals surface area (Å²) < 4.78 is 6.65. The molecule has 1 saturated heterocycles. The van der Waals surface area contributed by atoms with Gasteiger partial charge in [-0.25, -0.2) is 0 Å². The Morgan fingerprint density at radius 2 is 1.57 bits per heavy atom. The number of likely N-dealkylation sites (tertiary alicyclic amines) is 1. The molecule has 0 radical (unpaired) electrons. The maximum atomic E-state index is 14.0. The second-order valence-corrected chi connectivity index (χ2v) is 12.6. The van der Waals surface area contributed by atoms with Gasteiger partial charge in [0.05, 0.1) is 11.5 Å². The van der Waals surface area contributed by atoms with Crippen LogP contribution in [-0.2, 0) is 22.2 Å². The first-order chi connectivity index (χ1) is 14.2. The van der Waals surface area contributed by atoms with Crippen molar-refractivity contribution in [2.24, 2.45) is 10.8 Å². The third-order valence-corrected chi connectivity index (χ3v) is 6.84. The van der Waals surface area contributed by atoms with Crippen LogP contribution in [0.15, 0.2) is 60.7 Å². The molecule has 0 aliphatic carbocycles. The largest absolute Gasteiger partial charge is 0.417 e. The lowest BCUT2D eigenvalue weighted by molar-refractivity contribution is -0.142. The van der Waals surface area contributed by atoms with Crippen LogP contribution in [0.3, 0.4) is 0 Å². The Balaban J connectivity index is 1.95. The third kappa shape index (κ3) is 5.61. The van der Waals surface area contributed by atoms with Gasteiger partial charge in [-0.05, 0) is 48.9 Å². The fourth-order valence-corrected chi connectivity index (χ4v) is 5.62. The molecule has 4 heteroatoms. The fraction of sp³-hybridized carbons (Fsp3) is 0.500. The van der Waals surface area contributed by atoms with E-state index in [1.54, 1.807) is 0 Å². The highest BCUT2D eigenvalue weighted by Crippen LogP contribution is 2.45. The van der Waals surface area contributed by atoms with E-state index in [9.17, 15) is 4.79 Å². The molecule has 2 unspecified atom stereocenters. The average Bonchev–Trinajstić information content (AvgIpc) is 2.98. The topological polar surface area (TPSA) is 29.5 Å². The molecule has 30 heavy (non-hydrogen) atoms. The Kier molecular flexibility index (Phi) is 7.20. The minimum absolute atomic E-state index is 0.0438. The van der Waals surface area contributed by atoms with E-state index in [1.165, 1.54) is 11.1 Å². The van der Waals surface area contributed by atoms with Crippen molar-refractivity contribution in [1.82, 2.24) is 4.90 Å². The maximum Gasteiger partial charge on any atom is 0.232 e. The van der Waals surface area contributed by atoms with Gasteiger partial charge < -0.3 is 9.33 Å². The zero-order valence-electron chi connectivity index (χ0n) is 19.2. The number of amides is 1. The Labute approximate surface area is 184 Å². The van der Waals surface area contributed by atoms with Gasteiger partial charge in [0.2, 0.25) is 5.91 Å². The smallest absolute Gasteiger partial charge is 0.232 e. The molecule has 1 aliphatic rings. The highest BCUT2D eigenvalue weighted by Gasteiger charge is 2.53. The summed E-state index contributed by atoms with van der Waals surface area (Å²) in [6, 6.07) is 20.8. The normalized spacial score (nSPS) is 20.7. The average molecular weight is 424 g/mol. The van der Waals surface area contributed by atoms with Crippen LogP contribution in [0.5, 0.6) is 0 Å². The van der Waals surface area contributed by atoms with Gasteiger partial charge in [-0.2, -0.15) is 0 Å². The molecule has 0 bridgehead atoms. The minimum atomic E-state index is -1.31. The van der Waals surface area contributed by atoms with Gasteiger partial charge in [0.25, 0.3) is 0 Å². The first kappa shape index (κ1) is 22.8. The van der Waals surface area contributed by atoms with Crippen LogP contribution in [0, 0.1) is 10.8 Å². The summed E-state index contributed by atoms with van der Waals surface area (Å²) in [4.78, 5) is 16.1. The van der Waals surface area contributed by atoms with E-state index in [0.717, 1.165) is 25.8 Å². The number of hydrogen-bond acceptors (Lipinski definition) is 2. The lowest BCUT2D eigenvalue weighted by Gasteiger charge is -2.40. The SMILES string of the molecule is C[SiH](C)OC(CC(C)(C)C)C1(Cc2ccccc2)CCN(Cc2ccccc2)C1=O. The van der Waals surface area contributed by atoms with Gasteiger partial charge in [0.15, 0.2) is 9.04 Å². The predicted molar refractivity (Wildman–Crippen MR) is 127 cm³/mol. The van der Waals surface area contributed by atoms with Gasteiger partial charge >= 0.3 is 0 Å². The molecular weight excluding hydrogens is 386 g/mol. The zero-order valence-corrected chi connectivity index (χ0v) is 20.4. The molecular formula is C26H37NO2Si. The van der Waals surface area contributed by atoms with E-state index < -0.39 is 14.5 Å². The second-order valence-electron chi connectivity index (χ2n) is 10.2. The number of nitrogens with zero attached hydrogens (tertiary/aromatic N) is 1. The second kappa shape index (κ2) is 9.48. The van der Waals surface area contributed by atoms with Crippen molar-refractivity contribution < 1.29 is 9.22 Å². The summed E-state index contributed by atoms with van der Waals surface area (Å²) in [7, 11) is -1.31. The Bertz CT molecular complexity index is 816. The fourth-order valence-electron chi connectivity index (χ4n) is 4.61. The zero-order chi connectivity index (χ0) is 21.8. The quantitative estimate of drug-likeness (QED) is 0.528. The molecule has 1 fully saturated rings. The summed E-state index contributed by atoms with van der Waals surface area (Å²) in [5.74, 6) is 0.263. The van der Waals surface area contributed by atoms with E-state index >= 15 is 0 Å². The number of carbonyl (C=O) groups is 1. The van der Waals surface area contributed by atoms with Crippen molar-refractivity contribution in [2.45, 2.75) is 65.8 Å². The first-order valence-electron chi connectivity index (χ1n) is 11.2. The lowest BCUT2D eigenvalue weighted by atomic mass is 9.70. The van der Waals surface area contributed by atoms with E-state index in [1.807, 2.05) is 24.3 Å². The summed E-state index contributed by atoms with van der Waals surface area (Å²) in [6.45, 7) is 12.7. The summed E-state index contributed by atoms with van der Waals surface area (Å²) in [5.41, 5.74) is 2.03. The molecule has 1 heterocycles. The predicted octanol–water partition coefficient (Wildman–Crippen LogP) is 5.45. The molecule has 0 spiro atoms. The van der Waals surface area contributed by atoms with Crippen LogP contribution >= 0.6 is 0 Å². The van der Waals surface area contributed by atoms with Gasteiger partial charge in [-0.3, -0.25) is 4.79 Å². The number of hydrogen-bond donors (Lipinski definition) is 0. The third-order valence-electron chi connectivity index (χ3n) is 5.97. The molecule has 3 rings (SSSR count). The van der Waals surface area contributed by atoms with Crippen molar-refractivity contribution in [1.29, 1.82) is 0 Å². The highest BCUT2D eigenvalue weighted by molar-refractivity contribution is 6.48. The van der Waals surface area contributed by atoms with E-state index in [-0.39, 0.29) is 17.4 Å². The van der Waals surface area contributed by atoms with Crippen LogP contribution in [0.25, 0.3) is 0 Å². The van der Waals surface area contributed by atoms with Gasteiger partial charge in [-0.1, -0.05) is 81.4 Å². The van der Waals surface area contributed by atoms with E-state index in [4.69, 9.17) is 4.43 Å². The van der Waals surface area contributed by atoms with Gasteiger partial charge in [0, 0.05) is 13.1 Å². The number of benzene rings is 2. The molecule has 2 aromatic carbocycles. The van der Waals surface area contributed by atoms with Crippen LogP contribution in [-0.4, -0.2) is 32.5 Å². The van der Waals surface area contributed by atoms with Gasteiger partial charge in [-0.15, -0.1) is 0 Å². The van der Waals surface area contributed by atoms with Crippen molar-refractivity contribution in [3.8, 4) is 0 Å². The van der Waals surface area contributed by atoms with Gasteiger partial charge in [0.1, 0.15) is 0 Å². The highest BCUT2D eigenvalue weighted by atomic mass is 28.3. The minimum Gasteiger partial charge on any atom is -0.417 e. The lowest BCUT2D eigenvalue weighted by Crippen LogP contribution is -2.48. The van der Waals surface area contributed by atoms with Crippen LogP contribution in [0.1, 0.15) is 44.7 Å². The molecule has 1 aliphatic heterocycles. The molecule has 3 nitrogen and oxygen atoms in total. The number of rotatable bonds is 8. The number of carbonyl (C=O) groups excluding carboxylic acids is 1. The van der Waals surface area contributed by atoms with Crippen LogP contribution in [0.4, 0.5) is 0 Å². The van der Waals surface area contributed by atoms with Crippen molar-refractivity contribution in [2.75, 3.05) is 6.54 Å². The molecule has 0 saturated carbocycles. The Morgan fingerprint density at radius 3 is 2.10 bits per heavy atom.